The molecule has 1 atom stereocenters. The number of carbonyl (C=O) groups excluding carboxylic acids is 1. The van der Waals surface area contributed by atoms with Gasteiger partial charge in [0.2, 0.25) is 0 Å². The Morgan fingerprint density at radius 1 is 1.19 bits per heavy atom. The molecule has 1 N–H and O–H groups in total. The number of benzene rings is 2. The zero-order valence-corrected chi connectivity index (χ0v) is 12.9. The van der Waals surface area contributed by atoms with Crippen LogP contribution in [0.5, 0.6) is 0 Å². The van der Waals surface area contributed by atoms with E-state index in [4.69, 9.17) is 16.3 Å². The Hall–Kier alpha value is -2.00. The third kappa shape index (κ3) is 3.76. The van der Waals surface area contributed by atoms with Gasteiger partial charge >= 0.3 is 5.97 Å². The first-order valence-electron chi connectivity index (χ1n) is 6.83. The van der Waals surface area contributed by atoms with E-state index in [0.717, 1.165) is 23.2 Å². The quantitative estimate of drug-likeness (QED) is 0.840. The molecular weight excluding hydrogens is 286 g/mol. The van der Waals surface area contributed by atoms with E-state index in [9.17, 15) is 4.79 Å². The summed E-state index contributed by atoms with van der Waals surface area (Å²) in [5, 5.41) is 3.87. The minimum Gasteiger partial charge on any atom is -0.467 e. The third-order valence-electron chi connectivity index (χ3n) is 3.34. The van der Waals surface area contributed by atoms with E-state index in [1.54, 1.807) is 12.1 Å². The molecule has 0 saturated carbocycles. The van der Waals surface area contributed by atoms with Gasteiger partial charge in [-0.05, 0) is 41.8 Å². The number of aryl methyl sites for hydroxylation is 1. The van der Waals surface area contributed by atoms with Crippen molar-refractivity contribution in [1.82, 2.24) is 0 Å². The molecule has 1 unspecified atom stereocenters. The number of methoxy groups -OCH3 is 1. The number of hydrogen-bond donors (Lipinski definition) is 1. The van der Waals surface area contributed by atoms with E-state index < -0.39 is 6.04 Å². The van der Waals surface area contributed by atoms with Crippen molar-refractivity contribution in [3.8, 4) is 0 Å². The molecule has 4 heteroatoms. The standard InChI is InChI=1S/C17H18ClNO2/c1-3-12-6-4-5-7-15(12)16(17(20)21-2)19-14-10-8-13(18)9-11-14/h4-11,16,19H,3H2,1-2H3. The fraction of sp³-hybridized carbons (Fsp3) is 0.235. The molecular formula is C17H18ClNO2. The minimum absolute atomic E-state index is 0.314. The number of hydrogen-bond acceptors (Lipinski definition) is 3. The van der Waals surface area contributed by atoms with Crippen molar-refractivity contribution >= 4 is 23.3 Å². The Bertz CT molecular complexity index is 610. The van der Waals surface area contributed by atoms with Gasteiger partial charge in [0, 0.05) is 10.7 Å². The summed E-state index contributed by atoms with van der Waals surface area (Å²) < 4.78 is 4.93. The average molecular weight is 304 g/mol. The molecule has 0 aliphatic rings. The fourth-order valence-corrected chi connectivity index (χ4v) is 2.36. The molecule has 0 aromatic heterocycles. The highest BCUT2D eigenvalue weighted by molar-refractivity contribution is 6.30. The largest absolute Gasteiger partial charge is 0.467 e. The van der Waals surface area contributed by atoms with E-state index in [-0.39, 0.29) is 5.97 Å². The fourth-order valence-electron chi connectivity index (χ4n) is 2.23. The van der Waals surface area contributed by atoms with Crippen molar-refractivity contribution in [2.24, 2.45) is 0 Å². The van der Waals surface area contributed by atoms with Crippen LogP contribution in [0.25, 0.3) is 0 Å². The molecule has 2 aromatic carbocycles. The Labute approximate surface area is 129 Å². The lowest BCUT2D eigenvalue weighted by Crippen LogP contribution is -2.23. The van der Waals surface area contributed by atoms with E-state index in [1.807, 2.05) is 36.4 Å². The predicted molar refractivity (Wildman–Crippen MR) is 85.7 cm³/mol. The van der Waals surface area contributed by atoms with Crippen LogP contribution in [0.4, 0.5) is 5.69 Å². The zero-order valence-electron chi connectivity index (χ0n) is 12.1. The summed E-state index contributed by atoms with van der Waals surface area (Å²) in [6, 6.07) is 14.6. The van der Waals surface area contributed by atoms with Gasteiger partial charge in [-0.15, -0.1) is 0 Å². The van der Waals surface area contributed by atoms with Crippen molar-refractivity contribution in [1.29, 1.82) is 0 Å². The molecule has 2 aromatic rings. The van der Waals surface area contributed by atoms with Gasteiger partial charge in [-0.1, -0.05) is 42.8 Å². The maximum atomic E-state index is 12.1. The molecule has 0 heterocycles. The van der Waals surface area contributed by atoms with Crippen molar-refractivity contribution in [2.75, 3.05) is 12.4 Å². The Kier molecular flexibility index (Phi) is 5.23. The van der Waals surface area contributed by atoms with Gasteiger partial charge in [0.1, 0.15) is 0 Å². The van der Waals surface area contributed by atoms with Crippen LogP contribution in [0.2, 0.25) is 5.02 Å². The number of anilines is 1. The molecule has 2 rings (SSSR count). The number of esters is 1. The maximum absolute atomic E-state index is 12.1. The van der Waals surface area contributed by atoms with Crippen molar-refractivity contribution in [2.45, 2.75) is 19.4 Å². The van der Waals surface area contributed by atoms with Gasteiger partial charge in [-0.25, -0.2) is 4.79 Å². The molecule has 0 fully saturated rings. The normalized spacial score (nSPS) is 11.8. The highest BCUT2D eigenvalue weighted by atomic mass is 35.5. The summed E-state index contributed by atoms with van der Waals surface area (Å²) >= 11 is 5.88. The van der Waals surface area contributed by atoms with Gasteiger partial charge < -0.3 is 10.1 Å². The molecule has 110 valence electrons. The summed E-state index contributed by atoms with van der Waals surface area (Å²) in [5.74, 6) is -0.314. The van der Waals surface area contributed by atoms with Crippen LogP contribution in [-0.4, -0.2) is 13.1 Å². The second-order valence-electron chi connectivity index (χ2n) is 4.66. The topological polar surface area (TPSA) is 38.3 Å². The summed E-state index contributed by atoms with van der Waals surface area (Å²) in [6.45, 7) is 2.06. The summed E-state index contributed by atoms with van der Waals surface area (Å²) in [5.41, 5.74) is 2.87. The number of nitrogens with one attached hydrogen (secondary N) is 1. The van der Waals surface area contributed by atoms with Crippen LogP contribution in [0.3, 0.4) is 0 Å². The minimum atomic E-state index is -0.535. The maximum Gasteiger partial charge on any atom is 0.332 e. The van der Waals surface area contributed by atoms with E-state index in [2.05, 4.69) is 12.2 Å². The van der Waals surface area contributed by atoms with Crippen molar-refractivity contribution < 1.29 is 9.53 Å². The molecule has 0 bridgehead atoms. The molecule has 0 radical (unpaired) electrons. The smallest absolute Gasteiger partial charge is 0.332 e. The van der Waals surface area contributed by atoms with Crippen LogP contribution in [0.1, 0.15) is 24.1 Å². The highest BCUT2D eigenvalue weighted by Crippen LogP contribution is 2.25. The summed E-state index contributed by atoms with van der Waals surface area (Å²) in [4.78, 5) is 12.1. The van der Waals surface area contributed by atoms with Gasteiger partial charge in [-0.2, -0.15) is 0 Å². The Balaban J connectivity index is 2.34. The van der Waals surface area contributed by atoms with E-state index >= 15 is 0 Å². The lowest BCUT2D eigenvalue weighted by molar-refractivity contribution is -0.141. The number of ether oxygens (including phenoxy) is 1. The lowest BCUT2D eigenvalue weighted by Gasteiger charge is -2.20. The molecule has 21 heavy (non-hydrogen) atoms. The summed E-state index contributed by atoms with van der Waals surface area (Å²) in [6.07, 6.45) is 0.853. The van der Waals surface area contributed by atoms with E-state index in [1.165, 1.54) is 7.11 Å². The summed E-state index contributed by atoms with van der Waals surface area (Å²) in [7, 11) is 1.40. The number of rotatable bonds is 5. The first-order valence-corrected chi connectivity index (χ1v) is 7.21. The first-order chi connectivity index (χ1) is 10.2. The second kappa shape index (κ2) is 7.14. The monoisotopic (exact) mass is 303 g/mol. The van der Waals surface area contributed by atoms with Crippen LogP contribution in [0.15, 0.2) is 48.5 Å². The lowest BCUT2D eigenvalue weighted by atomic mass is 9.98. The van der Waals surface area contributed by atoms with Crippen LogP contribution in [0, 0.1) is 0 Å². The third-order valence-corrected chi connectivity index (χ3v) is 3.59. The van der Waals surface area contributed by atoms with Gasteiger partial charge in [0.15, 0.2) is 6.04 Å². The van der Waals surface area contributed by atoms with Crippen molar-refractivity contribution in [3.63, 3.8) is 0 Å². The SMILES string of the molecule is CCc1ccccc1C(Nc1ccc(Cl)cc1)C(=O)OC. The molecule has 0 spiro atoms. The van der Waals surface area contributed by atoms with Crippen LogP contribution >= 0.6 is 11.6 Å². The zero-order chi connectivity index (χ0) is 15.2. The molecule has 0 saturated heterocycles. The number of carbonyl (C=O) groups is 1. The van der Waals surface area contributed by atoms with Gasteiger partial charge in [-0.3, -0.25) is 0 Å². The van der Waals surface area contributed by atoms with E-state index in [0.29, 0.717) is 5.02 Å². The average Bonchev–Trinajstić information content (AvgIpc) is 2.53. The van der Waals surface area contributed by atoms with Gasteiger partial charge in [0.25, 0.3) is 0 Å². The second-order valence-corrected chi connectivity index (χ2v) is 5.10. The number of halogens is 1. The predicted octanol–water partition coefficient (Wildman–Crippen LogP) is 4.23. The highest BCUT2D eigenvalue weighted by Gasteiger charge is 2.23. The Morgan fingerprint density at radius 2 is 1.86 bits per heavy atom. The van der Waals surface area contributed by atoms with Crippen LogP contribution < -0.4 is 5.32 Å². The van der Waals surface area contributed by atoms with Gasteiger partial charge in [0.05, 0.1) is 7.11 Å². The first kappa shape index (κ1) is 15.4. The van der Waals surface area contributed by atoms with Crippen molar-refractivity contribution in [3.05, 3.63) is 64.7 Å². The molecule has 0 aliphatic heterocycles. The molecule has 0 aliphatic carbocycles. The molecule has 0 amide bonds. The molecule has 3 nitrogen and oxygen atoms in total. The van der Waals surface area contributed by atoms with Crippen LogP contribution in [-0.2, 0) is 16.0 Å². The Morgan fingerprint density at radius 3 is 2.48 bits per heavy atom.